The molecule has 2 rings (SSSR count). The Kier molecular flexibility index (Phi) is 4.39. The highest BCUT2D eigenvalue weighted by Gasteiger charge is 2.20. The molecule has 1 N–H and O–H groups in total. The lowest BCUT2D eigenvalue weighted by Crippen LogP contribution is -2.35. The van der Waals surface area contributed by atoms with Crippen LogP contribution in [-0.4, -0.2) is 29.3 Å². The first-order chi connectivity index (χ1) is 9.17. The fourth-order valence-corrected chi connectivity index (χ4v) is 2.64. The van der Waals surface area contributed by atoms with Crippen molar-refractivity contribution >= 4 is 5.82 Å². The summed E-state index contributed by atoms with van der Waals surface area (Å²) in [5, 5.41) is 18.5. The second-order valence-corrected chi connectivity index (χ2v) is 5.30. The Morgan fingerprint density at radius 3 is 2.79 bits per heavy atom. The average molecular weight is 259 g/mol. The smallest absolute Gasteiger partial charge is 0.147 e. The second-order valence-electron chi connectivity index (χ2n) is 5.30. The molecule has 0 spiro atoms. The zero-order chi connectivity index (χ0) is 13.8. The van der Waals surface area contributed by atoms with Crippen LogP contribution >= 0.6 is 0 Å². The van der Waals surface area contributed by atoms with E-state index in [1.807, 2.05) is 11.0 Å². The maximum absolute atomic E-state index is 9.34. The maximum Gasteiger partial charge on any atom is 0.147 e. The first-order valence-electron chi connectivity index (χ1n) is 6.97. The van der Waals surface area contributed by atoms with Crippen LogP contribution in [0.3, 0.4) is 0 Å². The van der Waals surface area contributed by atoms with Crippen LogP contribution in [0.1, 0.15) is 43.5 Å². The predicted molar refractivity (Wildman–Crippen MR) is 75.2 cm³/mol. The molecule has 0 saturated heterocycles. The fourth-order valence-electron chi connectivity index (χ4n) is 2.64. The molecule has 4 nitrogen and oxygen atoms in total. The number of aromatic nitrogens is 1. The molecule has 0 saturated carbocycles. The van der Waals surface area contributed by atoms with E-state index in [0.717, 1.165) is 24.4 Å². The van der Waals surface area contributed by atoms with E-state index in [4.69, 9.17) is 4.98 Å². The molecule has 0 bridgehead atoms. The minimum absolute atomic E-state index is 0.0712. The first-order valence-corrected chi connectivity index (χ1v) is 6.97. The van der Waals surface area contributed by atoms with Gasteiger partial charge >= 0.3 is 0 Å². The van der Waals surface area contributed by atoms with Gasteiger partial charge < -0.3 is 10.0 Å². The molecule has 0 aliphatic heterocycles. The van der Waals surface area contributed by atoms with E-state index in [1.165, 1.54) is 18.4 Å². The van der Waals surface area contributed by atoms with Crippen LogP contribution in [0.25, 0.3) is 0 Å². The van der Waals surface area contributed by atoms with Crippen molar-refractivity contribution in [3.05, 3.63) is 22.9 Å². The molecular formula is C15H21N3O. The lowest BCUT2D eigenvalue weighted by Gasteiger charge is -2.29. The van der Waals surface area contributed by atoms with Crippen molar-refractivity contribution in [2.24, 2.45) is 0 Å². The van der Waals surface area contributed by atoms with E-state index < -0.39 is 0 Å². The predicted octanol–water partition coefficient (Wildman–Crippen LogP) is 2.04. The summed E-state index contributed by atoms with van der Waals surface area (Å²) in [4.78, 5) is 6.72. The third kappa shape index (κ3) is 2.87. The van der Waals surface area contributed by atoms with Gasteiger partial charge in [0.05, 0.1) is 12.2 Å². The lowest BCUT2D eigenvalue weighted by atomic mass is 9.94. The van der Waals surface area contributed by atoms with Gasteiger partial charge in [0.1, 0.15) is 11.9 Å². The zero-order valence-corrected chi connectivity index (χ0v) is 11.7. The van der Waals surface area contributed by atoms with E-state index in [2.05, 4.69) is 19.9 Å². The Hall–Kier alpha value is -1.60. The highest BCUT2D eigenvalue weighted by Crippen LogP contribution is 2.27. The standard InChI is InChI=1S/C15H21N3O/c1-11(2)18(7-8-19)15-13(10-16)9-12-5-3-4-6-14(12)17-15/h9,11,19H,3-8H2,1-2H3. The molecule has 0 atom stereocenters. The minimum atomic E-state index is 0.0712. The van der Waals surface area contributed by atoms with Gasteiger partial charge in [0.25, 0.3) is 0 Å². The Bertz CT molecular complexity index is 491. The maximum atomic E-state index is 9.34. The van der Waals surface area contributed by atoms with E-state index in [-0.39, 0.29) is 12.6 Å². The van der Waals surface area contributed by atoms with Gasteiger partial charge in [-0.3, -0.25) is 0 Å². The highest BCUT2D eigenvalue weighted by molar-refractivity contribution is 5.57. The van der Waals surface area contributed by atoms with Crippen LogP contribution in [-0.2, 0) is 12.8 Å². The number of hydrogen-bond donors (Lipinski definition) is 1. The quantitative estimate of drug-likeness (QED) is 0.899. The van der Waals surface area contributed by atoms with E-state index in [1.54, 1.807) is 0 Å². The Balaban J connectivity index is 2.45. The van der Waals surface area contributed by atoms with Gasteiger partial charge in [0, 0.05) is 18.3 Å². The summed E-state index contributed by atoms with van der Waals surface area (Å²) in [6.07, 6.45) is 4.38. The summed E-state index contributed by atoms with van der Waals surface area (Å²) >= 11 is 0. The fraction of sp³-hybridized carbons (Fsp3) is 0.600. The number of aliphatic hydroxyl groups excluding tert-OH is 1. The molecule has 102 valence electrons. The van der Waals surface area contributed by atoms with Gasteiger partial charge in [-0.2, -0.15) is 5.26 Å². The molecule has 1 heterocycles. The van der Waals surface area contributed by atoms with E-state index >= 15 is 0 Å². The van der Waals surface area contributed by atoms with Crippen molar-refractivity contribution in [1.82, 2.24) is 4.98 Å². The summed E-state index contributed by atoms with van der Waals surface area (Å²) in [5.41, 5.74) is 2.98. The van der Waals surface area contributed by atoms with Crippen molar-refractivity contribution in [1.29, 1.82) is 5.26 Å². The van der Waals surface area contributed by atoms with Gasteiger partial charge in [-0.25, -0.2) is 4.98 Å². The molecule has 1 aromatic rings. The summed E-state index contributed by atoms with van der Waals surface area (Å²) < 4.78 is 0. The molecule has 1 aromatic heterocycles. The summed E-state index contributed by atoms with van der Waals surface area (Å²) in [6, 6.07) is 4.46. The second kappa shape index (κ2) is 6.03. The Labute approximate surface area is 114 Å². The average Bonchev–Trinajstić information content (AvgIpc) is 2.43. The number of nitriles is 1. The van der Waals surface area contributed by atoms with E-state index in [0.29, 0.717) is 12.1 Å². The van der Waals surface area contributed by atoms with Crippen molar-refractivity contribution in [3.8, 4) is 6.07 Å². The summed E-state index contributed by atoms with van der Waals surface area (Å²) in [6.45, 7) is 4.69. The number of nitrogens with zero attached hydrogens (tertiary/aromatic N) is 3. The van der Waals surface area contributed by atoms with Crippen LogP contribution in [0.4, 0.5) is 5.82 Å². The topological polar surface area (TPSA) is 60.1 Å². The van der Waals surface area contributed by atoms with E-state index in [9.17, 15) is 10.4 Å². The molecule has 0 fully saturated rings. The molecule has 1 aliphatic carbocycles. The highest BCUT2D eigenvalue weighted by atomic mass is 16.3. The number of aliphatic hydroxyl groups is 1. The van der Waals surface area contributed by atoms with Crippen LogP contribution < -0.4 is 4.90 Å². The summed E-state index contributed by atoms with van der Waals surface area (Å²) in [5.74, 6) is 0.729. The van der Waals surface area contributed by atoms with Crippen molar-refractivity contribution < 1.29 is 5.11 Å². The van der Waals surface area contributed by atoms with Gasteiger partial charge in [-0.15, -0.1) is 0 Å². The Morgan fingerprint density at radius 1 is 1.42 bits per heavy atom. The summed E-state index contributed by atoms with van der Waals surface area (Å²) in [7, 11) is 0. The number of rotatable bonds is 4. The zero-order valence-electron chi connectivity index (χ0n) is 11.7. The van der Waals surface area contributed by atoms with Gasteiger partial charge in [0.15, 0.2) is 0 Å². The molecular weight excluding hydrogens is 238 g/mol. The Morgan fingerprint density at radius 2 is 2.16 bits per heavy atom. The molecule has 0 amide bonds. The first kappa shape index (κ1) is 13.8. The van der Waals surface area contributed by atoms with Crippen LogP contribution in [0.15, 0.2) is 6.07 Å². The molecule has 0 radical (unpaired) electrons. The number of pyridine rings is 1. The SMILES string of the molecule is CC(C)N(CCO)c1nc2c(cc1C#N)CCCC2. The largest absolute Gasteiger partial charge is 0.395 e. The molecule has 1 aliphatic rings. The number of anilines is 1. The molecule has 19 heavy (non-hydrogen) atoms. The van der Waals surface area contributed by atoms with Crippen LogP contribution in [0.2, 0.25) is 0 Å². The van der Waals surface area contributed by atoms with Crippen LogP contribution in [0.5, 0.6) is 0 Å². The van der Waals surface area contributed by atoms with Crippen molar-refractivity contribution in [3.63, 3.8) is 0 Å². The monoisotopic (exact) mass is 259 g/mol. The van der Waals surface area contributed by atoms with Gasteiger partial charge in [-0.1, -0.05) is 0 Å². The third-order valence-corrected chi connectivity index (χ3v) is 3.64. The molecule has 4 heteroatoms. The minimum Gasteiger partial charge on any atom is -0.395 e. The number of aryl methyl sites for hydroxylation is 2. The normalized spacial score (nSPS) is 14.1. The van der Waals surface area contributed by atoms with Crippen LogP contribution in [0, 0.1) is 11.3 Å². The molecule has 0 unspecified atom stereocenters. The van der Waals surface area contributed by atoms with Gasteiger partial charge in [-0.05, 0) is 51.2 Å². The number of hydrogen-bond acceptors (Lipinski definition) is 4. The van der Waals surface area contributed by atoms with Crippen molar-refractivity contribution in [2.45, 2.75) is 45.6 Å². The number of fused-ring (bicyclic) bond motifs is 1. The third-order valence-electron chi connectivity index (χ3n) is 3.64. The molecule has 0 aromatic carbocycles. The lowest BCUT2D eigenvalue weighted by molar-refractivity contribution is 0.298. The van der Waals surface area contributed by atoms with Crippen molar-refractivity contribution in [2.75, 3.05) is 18.1 Å². The van der Waals surface area contributed by atoms with Gasteiger partial charge in [0.2, 0.25) is 0 Å².